The molecule has 2 atom stereocenters. The molecule has 0 aromatic carbocycles. The Morgan fingerprint density at radius 2 is 2.25 bits per heavy atom. The van der Waals surface area contributed by atoms with Gasteiger partial charge in [0.1, 0.15) is 5.60 Å². The van der Waals surface area contributed by atoms with E-state index in [1.807, 2.05) is 39.1 Å². The second kappa shape index (κ2) is 5.54. The van der Waals surface area contributed by atoms with E-state index in [1.165, 1.54) is 0 Å². The summed E-state index contributed by atoms with van der Waals surface area (Å²) >= 11 is 0. The minimum atomic E-state index is -0.491. The Balaban J connectivity index is 2.11. The average molecular weight is 272 g/mol. The Labute approximate surface area is 120 Å². The Morgan fingerprint density at radius 3 is 2.80 bits per heavy atom. The Kier molecular flexibility index (Phi) is 3.99. The molecule has 0 saturated carbocycles. The summed E-state index contributed by atoms with van der Waals surface area (Å²) in [5, 5.41) is 0. The van der Waals surface area contributed by atoms with Gasteiger partial charge in [0.25, 0.3) is 0 Å². The molecule has 106 valence electrons. The molecule has 1 saturated heterocycles. The zero-order chi connectivity index (χ0) is 14.8. The van der Waals surface area contributed by atoms with Crippen molar-refractivity contribution in [1.29, 1.82) is 0 Å². The van der Waals surface area contributed by atoms with Crippen LogP contribution in [0.3, 0.4) is 0 Å². The quantitative estimate of drug-likeness (QED) is 0.738. The van der Waals surface area contributed by atoms with Crippen LogP contribution in [0.4, 0.5) is 4.79 Å². The van der Waals surface area contributed by atoms with Crippen molar-refractivity contribution in [3.63, 3.8) is 0 Å². The summed E-state index contributed by atoms with van der Waals surface area (Å²) in [5.41, 5.74) is 0.580. The topological polar surface area (TPSA) is 42.4 Å². The number of rotatable bonds is 1. The van der Waals surface area contributed by atoms with Gasteiger partial charge in [-0.15, -0.1) is 12.3 Å². The molecule has 2 heterocycles. The van der Waals surface area contributed by atoms with Crippen LogP contribution in [-0.2, 0) is 4.74 Å². The maximum atomic E-state index is 12.1. The van der Waals surface area contributed by atoms with E-state index < -0.39 is 5.60 Å². The SMILES string of the molecule is C#CC1CN(C(=O)OC(C)(C)C)CC1c1cccnc1. The number of amides is 1. The normalized spacial score (nSPS) is 22.4. The van der Waals surface area contributed by atoms with Gasteiger partial charge in [-0.25, -0.2) is 4.79 Å². The fourth-order valence-corrected chi connectivity index (χ4v) is 2.38. The van der Waals surface area contributed by atoms with Gasteiger partial charge in [0.2, 0.25) is 0 Å². The monoisotopic (exact) mass is 272 g/mol. The summed E-state index contributed by atoms with van der Waals surface area (Å²) < 4.78 is 5.40. The predicted octanol–water partition coefficient (Wildman–Crippen LogP) is 2.67. The number of carbonyl (C=O) groups excluding carboxylic acids is 1. The number of ether oxygens (including phenoxy) is 1. The van der Waals surface area contributed by atoms with Crippen molar-refractivity contribution in [3.8, 4) is 12.3 Å². The van der Waals surface area contributed by atoms with Gasteiger partial charge in [0.15, 0.2) is 0 Å². The van der Waals surface area contributed by atoms with Crippen molar-refractivity contribution in [2.24, 2.45) is 5.92 Å². The molecule has 4 nitrogen and oxygen atoms in total. The van der Waals surface area contributed by atoms with Gasteiger partial charge in [-0.05, 0) is 32.4 Å². The van der Waals surface area contributed by atoms with Crippen LogP contribution in [-0.4, -0.2) is 34.7 Å². The van der Waals surface area contributed by atoms with Crippen LogP contribution in [0.2, 0.25) is 0 Å². The number of pyridine rings is 1. The highest BCUT2D eigenvalue weighted by Gasteiger charge is 2.37. The molecular formula is C16H20N2O2. The minimum Gasteiger partial charge on any atom is -0.444 e. The molecule has 1 amide bonds. The number of likely N-dealkylation sites (tertiary alicyclic amines) is 1. The number of aromatic nitrogens is 1. The lowest BCUT2D eigenvalue weighted by Crippen LogP contribution is -2.35. The molecule has 0 radical (unpaired) electrons. The van der Waals surface area contributed by atoms with Gasteiger partial charge >= 0.3 is 6.09 Å². The molecule has 4 heteroatoms. The van der Waals surface area contributed by atoms with Crippen LogP contribution in [0.15, 0.2) is 24.5 Å². The molecule has 0 N–H and O–H groups in total. The van der Waals surface area contributed by atoms with Crippen LogP contribution in [0.25, 0.3) is 0 Å². The van der Waals surface area contributed by atoms with Crippen molar-refractivity contribution in [2.45, 2.75) is 32.3 Å². The first-order valence-corrected chi connectivity index (χ1v) is 6.74. The number of carbonyl (C=O) groups is 1. The minimum absolute atomic E-state index is 0.00622. The summed E-state index contributed by atoms with van der Waals surface area (Å²) in [6.45, 7) is 6.69. The maximum absolute atomic E-state index is 12.1. The van der Waals surface area contributed by atoms with Crippen LogP contribution in [0, 0.1) is 18.3 Å². The highest BCUT2D eigenvalue weighted by Crippen LogP contribution is 2.32. The maximum Gasteiger partial charge on any atom is 0.410 e. The highest BCUT2D eigenvalue weighted by atomic mass is 16.6. The Hall–Kier alpha value is -2.02. The van der Waals surface area contributed by atoms with E-state index in [9.17, 15) is 4.79 Å². The summed E-state index contributed by atoms with van der Waals surface area (Å²) in [6.07, 6.45) is 8.84. The molecule has 1 aliphatic heterocycles. The third-order valence-electron chi connectivity index (χ3n) is 3.30. The fourth-order valence-electron chi connectivity index (χ4n) is 2.38. The van der Waals surface area contributed by atoms with E-state index in [4.69, 9.17) is 11.2 Å². The van der Waals surface area contributed by atoms with Crippen molar-refractivity contribution < 1.29 is 9.53 Å². The van der Waals surface area contributed by atoms with Gasteiger partial charge in [-0.2, -0.15) is 0 Å². The van der Waals surface area contributed by atoms with Crippen LogP contribution < -0.4 is 0 Å². The van der Waals surface area contributed by atoms with Gasteiger partial charge in [0, 0.05) is 37.3 Å². The number of hydrogen-bond acceptors (Lipinski definition) is 3. The zero-order valence-electron chi connectivity index (χ0n) is 12.2. The number of nitrogens with zero attached hydrogens (tertiary/aromatic N) is 2. The van der Waals surface area contributed by atoms with Crippen molar-refractivity contribution >= 4 is 6.09 Å². The first-order valence-electron chi connectivity index (χ1n) is 6.74. The molecule has 0 spiro atoms. The third kappa shape index (κ3) is 3.30. The van der Waals surface area contributed by atoms with E-state index in [-0.39, 0.29) is 17.9 Å². The smallest absolute Gasteiger partial charge is 0.410 e. The number of terminal acetylenes is 1. The van der Waals surface area contributed by atoms with E-state index in [0.717, 1.165) is 5.56 Å². The lowest BCUT2D eigenvalue weighted by atomic mass is 9.91. The standard InChI is InChI=1S/C16H20N2O2/c1-5-12-10-18(15(19)20-16(2,3)4)11-14(12)13-7-6-8-17-9-13/h1,6-9,12,14H,10-11H2,2-4H3. The second-order valence-corrected chi connectivity index (χ2v) is 6.05. The van der Waals surface area contributed by atoms with Crippen LogP contribution >= 0.6 is 0 Å². The lowest BCUT2D eigenvalue weighted by molar-refractivity contribution is 0.0289. The largest absolute Gasteiger partial charge is 0.444 e. The molecule has 1 aromatic heterocycles. The van der Waals surface area contributed by atoms with Crippen molar-refractivity contribution in [3.05, 3.63) is 30.1 Å². The van der Waals surface area contributed by atoms with Crippen LogP contribution in [0.1, 0.15) is 32.3 Å². The molecule has 2 rings (SSSR count). The predicted molar refractivity (Wildman–Crippen MR) is 77.1 cm³/mol. The molecule has 1 fully saturated rings. The fraction of sp³-hybridized carbons (Fsp3) is 0.500. The zero-order valence-corrected chi connectivity index (χ0v) is 12.2. The summed E-state index contributed by atoms with van der Waals surface area (Å²) in [6, 6.07) is 3.89. The third-order valence-corrected chi connectivity index (χ3v) is 3.30. The first kappa shape index (κ1) is 14.4. The van der Waals surface area contributed by atoms with Gasteiger partial charge in [0.05, 0.1) is 0 Å². The van der Waals surface area contributed by atoms with Crippen molar-refractivity contribution in [1.82, 2.24) is 9.88 Å². The molecule has 1 aliphatic rings. The van der Waals surface area contributed by atoms with Gasteiger partial charge < -0.3 is 9.64 Å². The number of hydrogen-bond donors (Lipinski definition) is 0. The summed E-state index contributed by atoms with van der Waals surface area (Å²) in [4.78, 5) is 17.9. The van der Waals surface area contributed by atoms with Crippen molar-refractivity contribution in [2.75, 3.05) is 13.1 Å². The van der Waals surface area contributed by atoms with E-state index in [0.29, 0.717) is 13.1 Å². The first-order chi connectivity index (χ1) is 9.40. The molecule has 0 aliphatic carbocycles. The Morgan fingerprint density at radius 1 is 1.50 bits per heavy atom. The Bertz CT molecular complexity index is 514. The molecule has 1 aromatic rings. The second-order valence-electron chi connectivity index (χ2n) is 6.05. The summed E-state index contributed by atoms with van der Waals surface area (Å²) in [5.74, 6) is 2.92. The molecule has 20 heavy (non-hydrogen) atoms. The van der Waals surface area contributed by atoms with Crippen LogP contribution in [0.5, 0.6) is 0 Å². The summed E-state index contributed by atoms with van der Waals surface area (Å²) in [7, 11) is 0. The molecular weight excluding hydrogens is 252 g/mol. The lowest BCUT2D eigenvalue weighted by Gasteiger charge is -2.24. The average Bonchev–Trinajstić information content (AvgIpc) is 2.82. The molecule has 2 unspecified atom stereocenters. The van der Waals surface area contributed by atoms with E-state index >= 15 is 0 Å². The van der Waals surface area contributed by atoms with E-state index in [2.05, 4.69) is 10.9 Å². The van der Waals surface area contributed by atoms with E-state index in [1.54, 1.807) is 11.1 Å². The van der Waals surface area contributed by atoms with Gasteiger partial charge in [-0.1, -0.05) is 6.07 Å². The highest BCUT2D eigenvalue weighted by molar-refractivity contribution is 5.69. The van der Waals surface area contributed by atoms with Gasteiger partial charge in [-0.3, -0.25) is 4.98 Å². The molecule has 0 bridgehead atoms.